The standard InChI is InChI=1S/C48H72N2O18S3/c1-47(2,3)42-36-39(68-45-35-38(11-13-41(42)45)49(16-7-33-69(52,53)54)18-21-63-26-29-67-32-31-65-24-23-61-5)9-6-10-46-48(4,15-20-62-25-28-66-30-27-64-22-19-51)43-37-40(71(58,59)60)12-14-44(43)50(46)17-8-34-70(55,56)57/h6,9-14,35-37,51H,7-8,15-34H2,1-5H3,(H2-,52,53,54,55,56,57,58,59,60)/p+1. The van der Waals surface area contributed by atoms with Gasteiger partial charge in [0.15, 0.2) is 6.54 Å². The van der Waals surface area contributed by atoms with Gasteiger partial charge in [-0.2, -0.15) is 25.3 Å². The molecule has 0 radical (unpaired) electrons. The molecule has 0 bridgehead atoms. The van der Waals surface area contributed by atoms with E-state index in [1.165, 1.54) is 12.1 Å². The van der Waals surface area contributed by atoms with Crippen molar-refractivity contribution in [3.8, 4) is 11.3 Å². The molecule has 0 fully saturated rings. The monoisotopic (exact) mass is 1060 g/mol. The van der Waals surface area contributed by atoms with Crippen molar-refractivity contribution in [2.45, 2.75) is 62.7 Å². The zero-order valence-electron chi connectivity index (χ0n) is 41.5. The van der Waals surface area contributed by atoms with Crippen molar-refractivity contribution < 1.29 is 81.6 Å². The van der Waals surface area contributed by atoms with Gasteiger partial charge in [0.2, 0.25) is 5.36 Å². The summed E-state index contributed by atoms with van der Waals surface area (Å²) < 4.78 is 148. The fourth-order valence-electron chi connectivity index (χ4n) is 7.98. The number of anilines is 1. The van der Waals surface area contributed by atoms with Crippen LogP contribution in [0.1, 0.15) is 63.8 Å². The molecule has 400 valence electrons. The van der Waals surface area contributed by atoms with Gasteiger partial charge in [0.25, 0.3) is 30.4 Å². The zero-order chi connectivity index (χ0) is 52.1. The smallest absolute Gasteiger partial charge is 0.294 e. The molecule has 2 heterocycles. The predicted octanol–water partition coefficient (Wildman–Crippen LogP) is 4.06. The third-order valence-electron chi connectivity index (χ3n) is 11.5. The lowest BCUT2D eigenvalue weighted by molar-refractivity contribution is 0.00371. The van der Waals surface area contributed by atoms with Crippen LogP contribution in [-0.4, -0.2) is 175 Å². The first-order valence-corrected chi connectivity index (χ1v) is 28.1. The second-order valence-electron chi connectivity index (χ2n) is 17.9. The van der Waals surface area contributed by atoms with Crippen LogP contribution in [0, 0.1) is 0 Å². The number of aliphatic hydroxyl groups is 1. The molecule has 3 aliphatic rings. The summed E-state index contributed by atoms with van der Waals surface area (Å²) in [7, 11) is -11.5. The van der Waals surface area contributed by atoms with E-state index in [1.807, 2.05) is 46.7 Å². The highest BCUT2D eigenvalue weighted by molar-refractivity contribution is 7.86. The summed E-state index contributed by atoms with van der Waals surface area (Å²) in [6.45, 7) is 13.2. The molecule has 4 rings (SSSR count). The Morgan fingerprint density at radius 2 is 1.28 bits per heavy atom. The minimum Gasteiger partial charge on any atom is -0.456 e. The zero-order valence-corrected chi connectivity index (χ0v) is 43.9. The lowest BCUT2D eigenvalue weighted by atomic mass is 9.78. The van der Waals surface area contributed by atoms with Gasteiger partial charge >= 0.3 is 0 Å². The molecule has 0 aromatic heterocycles. The number of fused-ring (bicyclic) bond motifs is 2. The highest BCUT2D eigenvalue weighted by atomic mass is 32.2. The average molecular weight is 1060 g/mol. The van der Waals surface area contributed by atoms with Gasteiger partial charge in [0.05, 0.1) is 102 Å². The molecule has 23 heteroatoms. The Labute approximate surface area is 418 Å². The Bertz CT molecular complexity index is 2570. The molecule has 1 unspecified atom stereocenters. The fourth-order valence-corrected chi connectivity index (χ4v) is 9.47. The summed E-state index contributed by atoms with van der Waals surface area (Å²) >= 11 is 0. The Balaban J connectivity index is 1.71. The third kappa shape index (κ3) is 20.3. The topological polar surface area (TPSA) is 267 Å². The molecule has 4 N–H and O–H groups in total. The second-order valence-corrected chi connectivity index (χ2v) is 22.5. The van der Waals surface area contributed by atoms with E-state index >= 15 is 0 Å². The van der Waals surface area contributed by atoms with Gasteiger partial charge in [-0.05, 0) is 78.8 Å². The molecule has 1 atom stereocenters. The first kappa shape index (κ1) is 59.9. The molecule has 0 saturated carbocycles. The maximum atomic E-state index is 12.4. The molecular weight excluding hydrogens is 989 g/mol. The SMILES string of the molecule is COCCOCCOCCOCC[N+](CCCS(=O)(=O)O)=c1ccc2c(C(C)(C)C)cc(/C=C/C=C3/N(CCCS(=O)(=O)O)c4ccc(S(=O)(=O)O)cc4C3(C)CCOCCOCCOCCO)oc-2c1. The third-order valence-corrected chi connectivity index (χ3v) is 13.9. The molecule has 20 nitrogen and oxygen atoms in total. The van der Waals surface area contributed by atoms with Crippen molar-refractivity contribution in [2.24, 2.45) is 0 Å². The number of benzene rings is 2. The molecule has 0 spiro atoms. The number of aliphatic hydroxyl groups excluding tert-OH is 1. The van der Waals surface area contributed by atoms with E-state index in [-0.39, 0.29) is 69.3 Å². The van der Waals surface area contributed by atoms with Crippen LogP contribution in [0.5, 0.6) is 0 Å². The van der Waals surface area contributed by atoms with Crippen LogP contribution in [0.2, 0.25) is 0 Å². The van der Waals surface area contributed by atoms with Gasteiger partial charge in [0, 0.05) is 55.1 Å². The maximum Gasteiger partial charge on any atom is 0.294 e. The van der Waals surface area contributed by atoms with Gasteiger partial charge in [0.1, 0.15) is 24.7 Å². The number of methoxy groups -OCH3 is 1. The number of rotatable bonds is 34. The van der Waals surface area contributed by atoms with Crippen LogP contribution in [0.25, 0.3) is 17.4 Å². The van der Waals surface area contributed by atoms with Crippen molar-refractivity contribution in [3.63, 3.8) is 0 Å². The second kappa shape index (κ2) is 28.7. The Hall–Kier alpha value is -3.66. The molecule has 2 aliphatic heterocycles. The van der Waals surface area contributed by atoms with Crippen molar-refractivity contribution in [2.75, 3.05) is 136 Å². The molecule has 71 heavy (non-hydrogen) atoms. The van der Waals surface area contributed by atoms with Crippen molar-refractivity contribution in [3.05, 3.63) is 82.6 Å². The summed E-state index contributed by atoms with van der Waals surface area (Å²) in [4.78, 5) is 1.55. The van der Waals surface area contributed by atoms with Crippen LogP contribution >= 0.6 is 0 Å². The largest absolute Gasteiger partial charge is 0.456 e. The van der Waals surface area contributed by atoms with E-state index in [2.05, 4.69) is 20.8 Å². The van der Waals surface area contributed by atoms with Crippen LogP contribution < -0.4 is 14.8 Å². The molecule has 1 aromatic carbocycles. The quantitative estimate of drug-likeness (QED) is 0.0373. The van der Waals surface area contributed by atoms with Gasteiger partial charge < -0.3 is 47.6 Å². The average Bonchev–Trinajstić information content (AvgIpc) is 3.51. The first-order chi connectivity index (χ1) is 33.6. The summed E-state index contributed by atoms with van der Waals surface area (Å²) in [6, 6.07) is 12.0. The number of hydrogen-bond donors (Lipinski definition) is 4. The summed E-state index contributed by atoms with van der Waals surface area (Å²) in [5, 5.41) is 9.62. The summed E-state index contributed by atoms with van der Waals surface area (Å²) in [6.07, 6.45) is 5.90. The van der Waals surface area contributed by atoms with Crippen LogP contribution in [0.4, 0.5) is 5.69 Å². The summed E-state index contributed by atoms with van der Waals surface area (Å²) in [5.74, 6) is 0.0908. The fraction of sp³-hybridized carbons (Fsp3) is 0.604. The van der Waals surface area contributed by atoms with Gasteiger partial charge in [-0.1, -0.05) is 26.8 Å². The Morgan fingerprint density at radius 1 is 0.704 bits per heavy atom. The van der Waals surface area contributed by atoms with E-state index < -0.39 is 47.3 Å². The van der Waals surface area contributed by atoms with Crippen molar-refractivity contribution in [1.82, 2.24) is 4.58 Å². The number of allylic oxidation sites excluding steroid dienone is 3. The highest BCUT2D eigenvalue weighted by Gasteiger charge is 2.44. The summed E-state index contributed by atoms with van der Waals surface area (Å²) in [5.41, 5.74) is 2.33. The van der Waals surface area contributed by atoms with E-state index in [4.69, 9.17) is 42.7 Å². The number of hydrogen-bond acceptors (Lipinski definition) is 16. The van der Waals surface area contributed by atoms with Crippen LogP contribution in [0.3, 0.4) is 0 Å². The molecule has 0 amide bonds. The minimum absolute atomic E-state index is 0.0296. The maximum absolute atomic E-state index is 12.4. The van der Waals surface area contributed by atoms with Crippen LogP contribution in [-0.2, 0) is 74.3 Å². The first-order valence-electron chi connectivity index (χ1n) is 23.5. The van der Waals surface area contributed by atoms with E-state index in [9.17, 15) is 38.9 Å². The normalized spacial score (nSPS) is 16.7. The van der Waals surface area contributed by atoms with Gasteiger partial charge in [-0.3, -0.25) is 13.7 Å². The lowest BCUT2D eigenvalue weighted by Gasteiger charge is -2.30. The number of ether oxygens (including phenoxy) is 7. The Morgan fingerprint density at radius 3 is 1.86 bits per heavy atom. The van der Waals surface area contributed by atoms with E-state index in [1.54, 1.807) is 25.3 Å². The molecular formula is C48H73N2O18S3+. The van der Waals surface area contributed by atoms with Gasteiger partial charge in [-0.25, -0.2) is 4.58 Å². The molecule has 1 aliphatic carbocycles. The number of nitrogens with zero attached hydrogens (tertiary/aromatic N) is 2. The van der Waals surface area contributed by atoms with Crippen LogP contribution in [0.15, 0.2) is 69.6 Å². The van der Waals surface area contributed by atoms with Crippen molar-refractivity contribution >= 4 is 42.1 Å². The highest BCUT2D eigenvalue weighted by Crippen LogP contribution is 2.51. The molecule has 1 aromatic rings. The predicted molar refractivity (Wildman–Crippen MR) is 268 cm³/mol. The van der Waals surface area contributed by atoms with E-state index in [0.29, 0.717) is 101 Å². The molecule has 0 saturated heterocycles. The van der Waals surface area contributed by atoms with Crippen molar-refractivity contribution in [1.29, 1.82) is 0 Å². The minimum atomic E-state index is -4.61. The van der Waals surface area contributed by atoms with Gasteiger partial charge in [-0.15, -0.1) is 0 Å². The van der Waals surface area contributed by atoms with E-state index in [0.717, 1.165) is 16.5 Å². The Kier molecular flexibility index (Phi) is 24.2. The lowest BCUT2D eigenvalue weighted by Crippen LogP contribution is -2.35.